The quantitative estimate of drug-likeness (QED) is 0.821. The Bertz CT molecular complexity index is 629. The van der Waals surface area contributed by atoms with E-state index in [2.05, 4.69) is 15.5 Å². The molecule has 1 N–H and O–H groups in total. The SMILES string of the molecule is C[C@@H](Sc1nnc(C(C)(C)C)o1)C(=O)NC12CC3CC(CC(C3)C1)C2. The van der Waals surface area contributed by atoms with Crippen LogP contribution in [0.5, 0.6) is 0 Å². The van der Waals surface area contributed by atoms with Crippen LogP contribution >= 0.6 is 11.8 Å². The maximum absolute atomic E-state index is 12.8. The van der Waals surface area contributed by atoms with E-state index in [4.69, 9.17) is 4.42 Å². The lowest BCUT2D eigenvalue weighted by Gasteiger charge is -2.57. The summed E-state index contributed by atoms with van der Waals surface area (Å²) < 4.78 is 5.72. The van der Waals surface area contributed by atoms with Crippen molar-refractivity contribution in [1.29, 1.82) is 0 Å². The highest BCUT2D eigenvalue weighted by atomic mass is 32.2. The molecule has 6 heteroatoms. The van der Waals surface area contributed by atoms with Gasteiger partial charge in [0, 0.05) is 11.0 Å². The first-order valence-corrected chi connectivity index (χ1v) is 10.4. The van der Waals surface area contributed by atoms with E-state index in [0.29, 0.717) is 11.1 Å². The summed E-state index contributed by atoms with van der Waals surface area (Å²) >= 11 is 1.36. The first-order valence-electron chi connectivity index (χ1n) is 9.55. The summed E-state index contributed by atoms with van der Waals surface area (Å²) in [5.41, 5.74) is -0.109. The molecule has 5 nitrogen and oxygen atoms in total. The summed E-state index contributed by atoms with van der Waals surface area (Å²) in [6.07, 6.45) is 7.69. The van der Waals surface area contributed by atoms with Crippen LogP contribution in [0.4, 0.5) is 0 Å². The maximum Gasteiger partial charge on any atom is 0.277 e. The van der Waals surface area contributed by atoms with Gasteiger partial charge in [-0.2, -0.15) is 0 Å². The summed E-state index contributed by atoms with van der Waals surface area (Å²) in [6, 6.07) is 0. The molecular formula is C19H29N3O2S. The Hall–Kier alpha value is -1.04. The second kappa shape index (κ2) is 6.00. The number of rotatable bonds is 4. The Labute approximate surface area is 154 Å². The van der Waals surface area contributed by atoms with Gasteiger partial charge in [-0.1, -0.05) is 32.5 Å². The van der Waals surface area contributed by atoms with Crippen LogP contribution in [-0.4, -0.2) is 26.9 Å². The minimum absolute atomic E-state index is 0.0616. The van der Waals surface area contributed by atoms with E-state index in [1.807, 2.05) is 27.7 Å². The molecule has 1 aromatic rings. The third kappa shape index (κ3) is 3.46. The van der Waals surface area contributed by atoms with Gasteiger partial charge in [0.15, 0.2) is 0 Å². The second-order valence-corrected chi connectivity index (χ2v) is 10.9. The number of hydrogen-bond acceptors (Lipinski definition) is 5. The summed E-state index contributed by atoms with van der Waals surface area (Å²) in [5, 5.41) is 11.9. The van der Waals surface area contributed by atoms with Crippen molar-refractivity contribution in [2.45, 2.75) is 87.6 Å². The summed E-state index contributed by atoms with van der Waals surface area (Å²) in [7, 11) is 0. The highest BCUT2D eigenvalue weighted by molar-refractivity contribution is 8.00. The van der Waals surface area contributed by atoms with Crippen LogP contribution in [0.1, 0.15) is 72.1 Å². The van der Waals surface area contributed by atoms with Gasteiger partial charge in [0.25, 0.3) is 5.22 Å². The highest BCUT2D eigenvalue weighted by Crippen LogP contribution is 2.55. The maximum atomic E-state index is 12.8. The summed E-state index contributed by atoms with van der Waals surface area (Å²) in [4.78, 5) is 12.8. The monoisotopic (exact) mass is 363 g/mol. The largest absolute Gasteiger partial charge is 0.415 e. The zero-order valence-corrected chi connectivity index (χ0v) is 16.5. The number of nitrogens with zero attached hydrogens (tertiary/aromatic N) is 2. The molecule has 138 valence electrons. The summed E-state index contributed by atoms with van der Waals surface area (Å²) in [6.45, 7) is 8.05. The first-order chi connectivity index (χ1) is 11.7. The van der Waals surface area contributed by atoms with Crippen LogP contribution in [-0.2, 0) is 10.2 Å². The van der Waals surface area contributed by atoms with E-state index in [-0.39, 0.29) is 22.1 Å². The molecule has 4 saturated carbocycles. The average Bonchev–Trinajstić information content (AvgIpc) is 2.93. The van der Waals surface area contributed by atoms with Gasteiger partial charge in [0.1, 0.15) is 0 Å². The Morgan fingerprint density at radius 3 is 2.20 bits per heavy atom. The first kappa shape index (κ1) is 17.4. The van der Waals surface area contributed by atoms with Crippen molar-refractivity contribution in [1.82, 2.24) is 15.5 Å². The molecule has 4 aliphatic carbocycles. The Morgan fingerprint density at radius 2 is 1.72 bits per heavy atom. The van der Waals surface area contributed by atoms with Crippen molar-refractivity contribution in [2.24, 2.45) is 17.8 Å². The van der Waals surface area contributed by atoms with Crippen LogP contribution in [0.25, 0.3) is 0 Å². The van der Waals surface area contributed by atoms with Gasteiger partial charge >= 0.3 is 0 Å². The number of hydrogen-bond donors (Lipinski definition) is 1. The number of amides is 1. The van der Waals surface area contributed by atoms with E-state index in [1.54, 1.807) is 0 Å². The number of aromatic nitrogens is 2. The van der Waals surface area contributed by atoms with Gasteiger partial charge in [-0.25, -0.2) is 0 Å². The topological polar surface area (TPSA) is 68.0 Å². The van der Waals surface area contributed by atoms with E-state index in [9.17, 15) is 4.79 Å². The molecule has 1 amide bonds. The standard InChI is InChI=1S/C19H29N3O2S/c1-11(25-17-22-21-16(24-17)18(2,3)4)15(23)20-19-8-12-5-13(9-19)7-14(6-12)10-19/h11-14H,5-10H2,1-4H3,(H,20,23)/t11-,12?,13?,14?,19?/m1/s1. The van der Waals surface area contributed by atoms with Gasteiger partial charge in [0.2, 0.25) is 11.8 Å². The van der Waals surface area contributed by atoms with Gasteiger partial charge in [-0.05, 0) is 63.2 Å². The number of thioether (sulfide) groups is 1. The molecule has 0 spiro atoms. The molecule has 4 bridgehead atoms. The van der Waals surface area contributed by atoms with Crippen LogP contribution < -0.4 is 5.32 Å². The number of nitrogens with one attached hydrogen (secondary N) is 1. The third-order valence-corrected chi connectivity index (χ3v) is 7.06. The van der Waals surface area contributed by atoms with Crippen molar-refractivity contribution < 1.29 is 9.21 Å². The number of carbonyl (C=O) groups is 1. The van der Waals surface area contributed by atoms with Gasteiger partial charge in [0.05, 0.1) is 5.25 Å². The average molecular weight is 364 g/mol. The van der Waals surface area contributed by atoms with Crippen LogP contribution in [0, 0.1) is 17.8 Å². The lowest BCUT2D eigenvalue weighted by atomic mass is 9.53. The van der Waals surface area contributed by atoms with Gasteiger partial charge < -0.3 is 9.73 Å². The van der Waals surface area contributed by atoms with Crippen molar-refractivity contribution in [2.75, 3.05) is 0 Å². The van der Waals surface area contributed by atoms with E-state index in [1.165, 1.54) is 50.3 Å². The van der Waals surface area contributed by atoms with Crippen molar-refractivity contribution in [3.05, 3.63) is 5.89 Å². The van der Waals surface area contributed by atoms with Crippen LogP contribution in [0.15, 0.2) is 9.64 Å². The molecule has 0 unspecified atom stereocenters. The smallest absolute Gasteiger partial charge is 0.277 e. The fourth-order valence-electron chi connectivity index (χ4n) is 5.39. The van der Waals surface area contributed by atoms with Gasteiger partial charge in [-0.3, -0.25) is 4.79 Å². The fraction of sp³-hybridized carbons (Fsp3) is 0.842. The molecule has 5 rings (SSSR count). The Kier molecular flexibility index (Phi) is 4.17. The third-order valence-electron chi connectivity index (χ3n) is 6.12. The molecule has 25 heavy (non-hydrogen) atoms. The number of carbonyl (C=O) groups excluding carboxylic acids is 1. The van der Waals surface area contributed by atoms with Crippen LogP contribution in [0.3, 0.4) is 0 Å². The zero-order chi connectivity index (χ0) is 17.8. The predicted molar refractivity (Wildman–Crippen MR) is 97.4 cm³/mol. The molecule has 1 heterocycles. The second-order valence-electron chi connectivity index (χ2n) is 9.57. The highest BCUT2D eigenvalue weighted by Gasteiger charge is 2.51. The normalized spacial score (nSPS) is 35.0. The molecule has 0 aromatic carbocycles. The lowest BCUT2D eigenvalue weighted by Crippen LogP contribution is -2.60. The zero-order valence-electron chi connectivity index (χ0n) is 15.7. The van der Waals surface area contributed by atoms with E-state index in [0.717, 1.165) is 17.8 Å². The molecule has 0 saturated heterocycles. The molecular weight excluding hydrogens is 334 g/mol. The van der Waals surface area contributed by atoms with Crippen molar-refractivity contribution in [3.8, 4) is 0 Å². The van der Waals surface area contributed by atoms with Crippen molar-refractivity contribution in [3.63, 3.8) is 0 Å². The minimum Gasteiger partial charge on any atom is -0.415 e. The predicted octanol–water partition coefficient (Wildman–Crippen LogP) is 3.93. The Balaban J connectivity index is 1.39. The minimum atomic E-state index is -0.221. The molecule has 0 radical (unpaired) electrons. The Morgan fingerprint density at radius 1 is 1.16 bits per heavy atom. The van der Waals surface area contributed by atoms with E-state index < -0.39 is 0 Å². The lowest BCUT2D eigenvalue weighted by molar-refractivity contribution is -0.126. The summed E-state index contributed by atoms with van der Waals surface area (Å²) in [5.74, 6) is 3.23. The fourth-order valence-corrected chi connectivity index (χ4v) is 6.08. The molecule has 4 aliphatic rings. The van der Waals surface area contributed by atoms with Gasteiger partial charge in [-0.15, -0.1) is 10.2 Å². The molecule has 0 aliphatic heterocycles. The molecule has 4 fully saturated rings. The molecule has 1 aromatic heterocycles. The molecule has 1 atom stereocenters. The van der Waals surface area contributed by atoms with Crippen molar-refractivity contribution >= 4 is 17.7 Å². The van der Waals surface area contributed by atoms with Crippen LogP contribution in [0.2, 0.25) is 0 Å². The van der Waals surface area contributed by atoms with E-state index >= 15 is 0 Å².